The molecule has 1 aliphatic rings. The zero-order chi connectivity index (χ0) is 18.8. The van der Waals surface area contributed by atoms with Crippen LogP contribution in [-0.2, 0) is 12.8 Å². The number of nitrogen functional groups attached to an aromatic ring is 1. The Morgan fingerprint density at radius 1 is 1.19 bits per heavy atom. The van der Waals surface area contributed by atoms with Crippen LogP contribution in [0.4, 0.5) is 5.82 Å². The number of ether oxygens (including phenoxy) is 1. The summed E-state index contributed by atoms with van der Waals surface area (Å²) in [6, 6.07) is 13.0. The van der Waals surface area contributed by atoms with Gasteiger partial charge in [0, 0.05) is 29.2 Å². The van der Waals surface area contributed by atoms with E-state index >= 15 is 0 Å². The number of hydrogen-bond acceptors (Lipinski definition) is 6. The minimum absolute atomic E-state index is 0.264. The summed E-state index contributed by atoms with van der Waals surface area (Å²) >= 11 is 0. The normalized spacial score (nSPS) is 15.6. The lowest BCUT2D eigenvalue weighted by molar-refractivity contribution is 0.380. The van der Waals surface area contributed by atoms with E-state index in [0.717, 1.165) is 41.6 Å². The molecule has 0 saturated heterocycles. The minimum atomic E-state index is 0.264. The van der Waals surface area contributed by atoms with Crippen molar-refractivity contribution in [2.45, 2.75) is 25.2 Å². The summed E-state index contributed by atoms with van der Waals surface area (Å²) in [6.07, 6.45) is 5.99. The van der Waals surface area contributed by atoms with E-state index in [2.05, 4.69) is 45.3 Å². The molecule has 0 amide bonds. The number of nitrogens with zero attached hydrogens (tertiary/aromatic N) is 4. The van der Waals surface area contributed by atoms with Gasteiger partial charge in [-0.3, -0.25) is 0 Å². The smallest absolute Gasteiger partial charge is 0.316 e. The van der Waals surface area contributed by atoms with Gasteiger partial charge in [0.25, 0.3) is 0 Å². The Hall–Kier alpha value is -3.46. The van der Waals surface area contributed by atoms with Crippen LogP contribution in [0.5, 0.6) is 6.01 Å². The summed E-state index contributed by atoms with van der Waals surface area (Å²) in [7, 11) is 1.52. The van der Waals surface area contributed by atoms with Crippen LogP contribution in [0, 0.1) is 11.3 Å². The summed E-state index contributed by atoms with van der Waals surface area (Å²) in [4.78, 5) is 12.9. The minimum Gasteiger partial charge on any atom is -0.467 e. The Labute approximate surface area is 157 Å². The number of rotatable bonds is 3. The highest BCUT2D eigenvalue weighted by atomic mass is 16.5. The number of methoxy groups -OCH3 is 1. The second-order valence-corrected chi connectivity index (χ2v) is 6.59. The van der Waals surface area contributed by atoms with Crippen molar-refractivity contribution >= 4 is 5.82 Å². The monoisotopic (exact) mass is 357 g/mol. The van der Waals surface area contributed by atoms with Crippen LogP contribution in [-0.4, -0.2) is 22.1 Å². The Morgan fingerprint density at radius 2 is 1.93 bits per heavy atom. The summed E-state index contributed by atoms with van der Waals surface area (Å²) in [5, 5.41) is 9.71. The number of fused-ring (bicyclic) bond motifs is 1. The molecule has 6 heteroatoms. The first-order chi connectivity index (χ1) is 13.2. The molecule has 134 valence electrons. The predicted molar refractivity (Wildman–Crippen MR) is 102 cm³/mol. The number of pyridine rings is 1. The quantitative estimate of drug-likeness (QED) is 0.772. The molecule has 1 atom stereocenters. The zero-order valence-corrected chi connectivity index (χ0v) is 15.0. The molecule has 1 unspecified atom stereocenters. The Kier molecular flexibility index (Phi) is 4.43. The lowest BCUT2D eigenvalue weighted by atomic mass is 9.79. The van der Waals surface area contributed by atoms with E-state index in [-0.39, 0.29) is 11.8 Å². The maximum absolute atomic E-state index is 9.71. The van der Waals surface area contributed by atoms with Gasteiger partial charge >= 0.3 is 6.01 Å². The molecule has 0 radical (unpaired) electrons. The number of aryl methyl sites for hydroxylation is 1. The van der Waals surface area contributed by atoms with Crippen LogP contribution in [0.3, 0.4) is 0 Å². The summed E-state index contributed by atoms with van der Waals surface area (Å²) < 4.78 is 5.05. The van der Waals surface area contributed by atoms with Crippen molar-refractivity contribution in [3.05, 3.63) is 65.1 Å². The predicted octanol–water partition coefficient (Wildman–Crippen LogP) is 3.27. The molecule has 0 fully saturated rings. The van der Waals surface area contributed by atoms with Gasteiger partial charge in [0.15, 0.2) is 0 Å². The van der Waals surface area contributed by atoms with Crippen molar-refractivity contribution in [2.75, 3.05) is 12.8 Å². The van der Waals surface area contributed by atoms with E-state index in [4.69, 9.17) is 10.5 Å². The van der Waals surface area contributed by atoms with Gasteiger partial charge in [-0.25, -0.2) is 15.0 Å². The molecule has 0 bridgehead atoms. The lowest BCUT2D eigenvalue weighted by Crippen LogP contribution is -2.17. The Bertz CT molecular complexity index is 1010. The molecule has 1 aromatic carbocycles. The van der Waals surface area contributed by atoms with Crippen LogP contribution >= 0.6 is 0 Å². The average Bonchev–Trinajstić information content (AvgIpc) is 2.73. The zero-order valence-electron chi connectivity index (χ0n) is 15.0. The van der Waals surface area contributed by atoms with E-state index in [1.165, 1.54) is 12.7 Å². The highest BCUT2D eigenvalue weighted by Gasteiger charge is 2.27. The maximum atomic E-state index is 9.71. The molecule has 2 heterocycles. The SMILES string of the molecule is COc1ncc(-c2c(C#N)c(N)nc3c2CC(c2ccccc2)CC3)cn1. The number of anilines is 1. The topological polar surface area (TPSA) is 97.7 Å². The van der Waals surface area contributed by atoms with Crippen LogP contribution in [0.1, 0.15) is 34.7 Å². The molecule has 0 spiro atoms. The Morgan fingerprint density at radius 3 is 2.59 bits per heavy atom. The van der Waals surface area contributed by atoms with Gasteiger partial charge in [-0.1, -0.05) is 30.3 Å². The van der Waals surface area contributed by atoms with Gasteiger partial charge in [-0.2, -0.15) is 5.26 Å². The van der Waals surface area contributed by atoms with Crippen molar-refractivity contribution in [1.82, 2.24) is 15.0 Å². The van der Waals surface area contributed by atoms with Gasteiger partial charge in [-0.15, -0.1) is 0 Å². The third-order valence-electron chi connectivity index (χ3n) is 5.07. The highest BCUT2D eigenvalue weighted by Crippen LogP contribution is 2.40. The largest absolute Gasteiger partial charge is 0.467 e. The van der Waals surface area contributed by atoms with E-state index in [1.54, 1.807) is 12.4 Å². The van der Waals surface area contributed by atoms with Gasteiger partial charge in [0.05, 0.1) is 7.11 Å². The molecule has 27 heavy (non-hydrogen) atoms. The van der Waals surface area contributed by atoms with Gasteiger partial charge in [0.2, 0.25) is 0 Å². The van der Waals surface area contributed by atoms with Crippen molar-refractivity contribution in [2.24, 2.45) is 0 Å². The van der Waals surface area contributed by atoms with Gasteiger partial charge < -0.3 is 10.5 Å². The second kappa shape index (κ2) is 7.04. The van der Waals surface area contributed by atoms with E-state index in [0.29, 0.717) is 11.5 Å². The van der Waals surface area contributed by atoms with E-state index in [1.807, 2.05) is 6.07 Å². The Balaban J connectivity index is 1.85. The second-order valence-electron chi connectivity index (χ2n) is 6.59. The van der Waals surface area contributed by atoms with Gasteiger partial charge in [0.1, 0.15) is 17.5 Å². The molecule has 4 rings (SSSR count). The fourth-order valence-corrected chi connectivity index (χ4v) is 3.77. The highest BCUT2D eigenvalue weighted by molar-refractivity contribution is 5.78. The number of nitrogens with two attached hydrogens (primary N) is 1. The fraction of sp³-hybridized carbons (Fsp3) is 0.238. The lowest BCUT2D eigenvalue weighted by Gasteiger charge is -2.27. The number of benzene rings is 1. The van der Waals surface area contributed by atoms with Crippen molar-refractivity contribution in [1.29, 1.82) is 5.26 Å². The maximum Gasteiger partial charge on any atom is 0.316 e. The molecule has 3 aromatic rings. The molecule has 1 aliphatic carbocycles. The molecule has 0 aliphatic heterocycles. The van der Waals surface area contributed by atoms with Crippen molar-refractivity contribution < 1.29 is 4.74 Å². The summed E-state index contributed by atoms with van der Waals surface area (Å²) in [5.74, 6) is 0.647. The third-order valence-corrected chi connectivity index (χ3v) is 5.07. The summed E-state index contributed by atoms with van der Waals surface area (Å²) in [5.41, 5.74) is 11.4. The average molecular weight is 357 g/mol. The first-order valence-corrected chi connectivity index (χ1v) is 8.84. The summed E-state index contributed by atoms with van der Waals surface area (Å²) in [6.45, 7) is 0. The molecular formula is C21H19N5O. The van der Waals surface area contributed by atoms with Crippen molar-refractivity contribution in [3.8, 4) is 23.2 Å². The first-order valence-electron chi connectivity index (χ1n) is 8.84. The van der Waals surface area contributed by atoms with E-state index in [9.17, 15) is 5.26 Å². The van der Waals surface area contributed by atoms with Crippen LogP contribution in [0.15, 0.2) is 42.7 Å². The molecular weight excluding hydrogens is 338 g/mol. The van der Waals surface area contributed by atoms with Crippen LogP contribution in [0.2, 0.25) is 0 Å². The molecule has 6 nitrogen and oxygen atoms in total. The number of nitriles is 1. The van der Waals surface area contributed by atoms with Crippen molar-refractivity contribution in [3.63, 3.8) is 0 Å². The first kappa shape index (κ1) is 17.0. The third kappa shape index (κ3) is 3.08. The number of aromatic nitrogens is 3. The fourth-order valence-electron chi connectivity index (χ4n) is 3.77. The number of hydrogen-bond donors (Lipinski definition) is 1. The van der Waals surface area contributed by atoms with E-state index < -0.39 is 0 Å². The molecule has 0 saturated carbocycles. The standard InChI is InChI=1S/C21H19N5O/c1-27-21-24-11-15(12-25-21)19-16-9-14(13-5-3-2-4-6-13)7-8-18(16)26-20(23)17(19)10-22/h2-6,11-12,14H,7-9H2,1H3,(H2,23,26). The van der Waals surface area contributed by atoms with Crippen LogP contribution in [0.25, 0.3) is 11.1 Å². The van der Waals surface area contributed by atoms with Gasteiger partial charge in [-0.05, 0) is 36.3 Å². The molecule has 2 aromatic heterocycles. The van der Waals surface area contributed by atoms with Crippen LogP contribution < -0.4 is 10.5 Å². The molecule has 2 N–H and O–H groups in total.